The topological polar surface area (TPSA) is 65.0 Å². The Balaban J connectivity index is 2.27. The average molecular weight is 252 g/mol. The molecule has 1 saturated heterocycles. The van der Waals surface area contributed by atoms with E-state index < -0.39 is 24.0 Å². The van der Waals surface area contributed by atoms with Crippen molar-refractivity contribution in [2.75, 3.05) is 7.11 Å². The van der Waals surface area contributed by atoms with Gasteiger partial charge >= 0.3 is 5.97 Å². The maximum Gasteiger partial charge on any atom is 0.336 e. The molecule has 0 radical (unpaired) electrons. The van der Waals surface area contributed by atoms with E-state index >= 15 is 0 Å². The highest BCUT2D eigenvalue weighted by atomic mass is 16.8. The first kappa shape index (κ1) is 12.9. The fourth-order valence-corrected chi connectivity index (χ4v) is 1.98. The molecule has 2 rings (SSSR count). The van der Waals surface area contributed by atoms with Crippen molar-refractivity contribution in [3.63, 3.8) is 0 Å². The number of carboxylic acids is 1. The summed E-state index contributed by atoms with van der Waals surface area (Å²) in [4.78, 5) is 11.2. The van der Waals surface area contributed by atoms with Gasteiger partial charge in [0.25, 0.3) is 0 Å². The number of methoxy groups -OCH3 is 1. The van der Waals surface area contributed by atoms with E-state index in [0.29, 0.717) is 5.75 Å². The van der Waals surface area contributed by atoms with Gasteiger partial charge in [-0.25, -0.2) is 4.79 Å². The van der Waals surface area contributed by atoms with Gasteiger partial charge in [-0.15, -0.1) is 0 Å². The first-order valence-corrected chi connectivity index (χ1v) is 5.65. The number of ether oxygens (including phenoxy) is 3. The average Bonchev–Trinajstić information content (AvgIpc) is 2.66. The van der Waals surface area contributed by atoms with E-state index in [1.165, 1.54) is 0 Å². The Bertz CT molecular complexity index is 437. The summed E-state index contributed by atoms with van der Waals surface area (Å²) in [6.07, 6.45) is -1.60. The quantitative estimate of drug-likeness (QED) is 0.891. The molecule has 98 valence electrons. The second-order valence-electron chi connectivity index (χ2n) is 4.59. The summed E-state index contributed by atoms with van der Waals surface area (Å²) in [6.45, 7) is 3.40. The largest absolute Gasteiger partial charge is 0.497 e. The lowest BCUT2D eigenvalue weighted by molar-refractivity contribution is -0.165. The highest BCUT2D eigenvalue weighted by Gasteiger charge is 2.46. The van der Waals surface area contributed by atoms with Crippen molar-refractivity contribution in [2.45, 2.75) is 31.8 Å². The highest BCUT2D eigenvalue weighted by molar-refractivity contribution is 5.74. The minimum absolute atomic E-state index is 0.608. The normalized spacial score (nSPS) is 25.9. The molecule has 1 unspecified atom stereocenters. The van der Waals surface area contributed by atoms with Crippen LogP contribution in [-0.2, 0) is 14.3 Å². The third-order valence-corrected chi connectivity index (χ3v) is 2.78. The zero-order chi connectivity index (χ0) is 13.3. The first-order valence-electron chi connectivity index (χ1n) is 5.65. The van der Waals surface area contributed by atoms with Crippen LogP contribution in [0.4, 0.5) is 0 Å². The highest BCUT2D eigenvalue weighted by Crippen LogP contribution is 2.38. The van der Waals surface area contributed by atoms with E-state index in [-0.39, 0.29) is 0 Å². The summed E-state index contributed by atoms with van der Waals surface area (Å²) < 4.78 is 16.1. The fraction of sp³-hybridized carbons (Fsp3) is 0.462. The second kappa shape index (κ2) is 4.59. The Kier molecular flexibility index (Phi) is 3.28. The van der Waals surface area contributed by atoms with Crippen LogP contribution >= 0.6 is 0 Å². The van der Waals surface area contributed by atoms with Crippen LogP contribution in [0.15, 0.2) is 24.3 Å². The predicted octanol–water partition coefficient (Wildman–Crippen LogP) is 1.97. The molecule has 1 N–H and O–H groups in total. The Hall–Kier alpha value is -1.59. The smallest absolute Gasteiger partial charge is 0.336 e. The van der Waals surface area contributed by atoms with Crippen LogP contribution in [-0.4, -0.2) is 30.1 Å². The molecule has 1 heterocycles. The van der Waals surface area contributed by atoms with Gasteiger partial charge in [0.2, 0.25) is 0 Å². The lowest BCUT2D eigenvalue weighted by Crippen LogP contribution is -2.27. The Labute approximate surface area is 105 Å². The van der Waals surface area contributed by atoms with Gasteiger partial charge in [-0.3, -0.25) is 0 Å². The number of carbonyl (C=O) groups is 1. The number of rotatable bonds is 3. The molecule has 0 bridgehead atoms. The molecular formula is C13H16O5. The van der Waals surface area contributed by atoms with Gasteiger partial charge in [-0.2, -0.15) is 0 Å². The zero-order valence-corrected chi connectivity index (χ0v) is 10.5. The molecule has 0 aliphatic carbocycles. The lowest BCUT2D eigenvalue weighted by atomic mass is 10.0. The van der Waals surface area contributed by atoms with Crippen LogP contribution in [0.2, 0.25) is 0 Å². The number of aliphatic carboxylic acids is 1. The molecule has 0 aromatic heterocycles. The second-order valence-corrected chi connectivity index (χ2v) is 4.59. The number of hydrogen-bond donors (Lipinski definition) is 1. The molecular weight excluding hydrogens is 236 g/mol. The Morgan fingerprint density at radius 2 is 1.89 bits per heavy atom. The maximum absolute atomic E-state index is 11.2. The van der Waals surface area contributed by atoms with Crippen molar-refractivity contribution in [2.24, 2.45) is 0 Å². The van der Waals surface area contributed by atoms with Crippen LogP contribution in [0.1, 0.15) is 25.5 Å². The summed E-state index contributed by atoms with van der Waals surface area (Å²) in [5.74, 6) is -1.21. The molecule has 1 aliphatic heterocycles. The van der Waals surface area contributed by atoms with Crippen LogP contribution in [0.3, 0.4) is 0 Å². The van der Waals surface area contributed by atoms with Gasteiger partial charge in [-0.1, -0.05) is 12.1 Å². The molecule has 0 saturated carbocycles. The summed E-state index contributed by atoms with van der Waals surface area (Å²) in [7, 11) is 1.58. The molecule has 2 atom stereocenters. The third-order valence-electron chi connectivity index (χ3n) is 2.78. The van der Waals surface area contributed by atoms with E-state index in [1.807, 2.05) is 0 Å². The van der Waals surface area contributed by atoms with Crippen molar-refractivity contribution in [1.82, 2.24) is 0 Å². The van der Waals surface area contributed by atoms with Crippen molar-refractivity contribution in [3.8, 4) is 5.75 Å². The van der Waals surface area contributed by atoms with Gasteiger partial charge in [0, 0.05) is 0 Å². The monoisotopic (exact) mass is 252 g/mol. The van der Waals surface area contributed by atoms with Crippen molar-refractivity contribution in [1.29, 1.82) is 0 Å². The molecule has 5 heteroatoms. The SMILES string of the molecule is COc1ccc(C2OC(C)(C)O[C@@H]2C(=O)O)cc1. The van der Waals surface area contributed by atoms with Crippen LogP contribution in [0.5, 0.6) is 5.75 Å². The molecule has 1 aliphatic rings. The predicted molar refractivity (Wildman–Crippen MR) is 63.4 cm³/mol. The summed E-state index contributed by atoms with van der Waals surface area (Å²) >= 11 is 0. The fourth-order valence-electron chi connectivity index (χ4n) is 1.98. The summed E-state index contributed by atoms with van der Waals surface area (Å²) in [5.41, 5.74) is 0.758. The van der Waals surface area contributed by atoms with E-state index in [1.54, 1.807) is 45.2 Å². The summed E-state index contributed by atoms with van der Waals surface area (Å²) in [5, 5.41) is 9.15. The Morgan fingerprint density at radius 3 is 2.39 bits per heavy atom. The number of carboxylic acid groups (broad SMARTS) is 1. The van der Waals surface area contributed by atoms with Crippen molar-refractivity contribution >= 4 is 5.97 Å². The molecule has 18 heavy (non-hydrogen) atoms. The first-order chi connectivity index (χ1) is 8.43. The standard InChI is InChI=1S/C13H16O5/c1-13(2)17-10(11(18-13)12(14)15)8-4-6-9(16-3)7-5-8/h4-7,10-11H,1-3H3,(H,14,15)/t10?,11-/m0/s1. The molecule has 1 fully saturated rings. The van der Waals surface area contributed by atoms with E-state index in [9.17, 15) is 4.79 Å². The van der Waals surface area contributed by atoms with Gasteiger partial charge in [0.05, 0.1) is 7.11 Å². The van der Waals surface area contributed by atoms with Crippen molar-refractivity contribution < 1.29 is 24.1 Å². The number of benzene rings is 1. The third kappa shape index (κ3) is 2.47. The van der Waals surface area contributed by atoms with Gasteiger partial charge in [-0.05, 0) is 31.5 Å². The molecule has 1 aromatic carbocycles. The zero-order valence-electron chi connectivity index (χ0n) is 10.5. The molecule has 1 aromatic rings. The molecule has 0 amide bonds. The molecule has 0 spiro atoms. The van der Waals surface area contributed by atoms with Gasteiger partial charge in [0.1, 0.15) is 11.9 Å². The minimum atomic E-state index is -1.03. The van der Waals surface area contributed by atoms with Crippen LogP contribution < -0.4 is 4.74 Å². The van der Waals surface area contributed by atoms with E-state index in [4.69, 9.17) is 19.3 Å². The van der Waals surface area contributed by atoms with E-state index in [2.05, 4.69) is 0 Å². The van der Waals surface area contributed by atoms with Gasteiger partial charge in [0.15, 0.2) is 11.9 Å². The lowest BCUT2D eigenvalue weighted by Gasteiger charge is -2.16. The van der Waals surface area contributed by atoms with Crippen LogP contribution in [0.25, 0.3) is 0 Å². The van der Waals surface area contributed by atoms with Gasteiger partial charge < -0.3 is 19.3 Å². The Morgan fingerprint density at radius 1 is 1.28 bits per heavy atom. The maximum atomic E-state index is 11.2. The van der Waals surface area contributed by atoms with Crippen LogP contribution in [0, 0.1) is 0 Å². The minimum Gasteiger partial charge on any atom is -0.497 e. The van der Waals surface area contributed by atoms with Crippen molar-refractivity contribution in [3.05, 3.63) is 29.8 Å². The summed E-state index contributed by atoms with van der Waals surface area (Å²) in [6, 6.07) is 7.10. The molecule has 5 nitrogen and oxygen atoms in total. The van der Waals surface area contributed by atoms with E-state index in [0.717, 1.165) is 5.56 Å². The number of hydrogen-bond acceptors (Lipinski definition) is 4.